The average Bonchev–Trinajstić information content (AvgIpc) is 2.84. The third-order valence-corrected chi connectivity index (χ3v) is 6.45. The minimum Gasteiger partial charge on any atom is -0.369 e. The standard InChI is InChI=1S/C28H34N4O/c1-22-19-23(2)21-24(20-22)11-14-30(3)28(33)27(25-7-5-4-6-8-25)32-17-15-31(16-18-32)26-9-12-29-13-10-26/h4-10,12-13,19-21,27H,11,14-18H2,1-3H3. The third kappa shape index (κ3) is 5.79. The van der Waals surface area contributed by atoms with Gasteiger partial charge in [0.15, 0.2) is 0 Å². The normalized spacial score (nSPS) is 15.3. The average molecular weight is 443 g/mol. The Morgan fingerprint density at radius 2 is 1.58 bits per heavy atom. The lowest BCUT2D eigenvalue weighted by Gasteiger charge is -2.40. The maximum absolute atomic E-state index is 13.7. The molecule has 5 nitrogen and oxygen atoms in total. The SMILES string of the molecule is Cc1cc(C)cc(CCN(C)C(=O)C(c2ccccc2)N2CCN(c3ccncc3)CC2)c1. The molecule has 1 unspecified atom stereocenters. The van der Waals surface area contributed by atoms with Crippen molar-refractivity contribution in [1.82, 2.24) is 14.8 Å². The molecule has 1 aliphatic heterocycles. The number of anilines is 1. The monoisotopic (exact) mass is 442 g/mol. The van der Waals surface area contributed by atoms with Gasteiger partial charge in [-0.25, -0.2) is 0 Å². The first-order valence-electron chi connectivity index (χ1n) is 11.8. The van der Waals surface area contributed by atoms with Crippen LogP contribution in [-0.4, -0.2) is 60.5 Å². The van der Waals surface area contributed by atoms with Gasteiger partial charge in [0.05, 0.1) is 0 Å². The molecule has 0 N–H and O–H groups in total. The number of benzene rings is 2. The Balaban J connectivity index is 1.46. The summed E-state index contributed by atoms with van der Waals surface area (Å²) in [6.45, 7) is 8.45. The minimum absolute atomic E-state index is 0.169. The molecule has 2 heterocycles. The Morgan fingerprint density at radius 1 is 0.939 bits per heavy atom. The second kappa shape index (κ2) is 10.6. The van der Waals surface area contributed by atoms with Crippen molar-refractivity contribution in [3.05, 3.63) is 95.3 Å². The van der Waals surface area contributed by atoms with Gasteiger partial charge in [-0.3, -0.25) is 14.7 Å². The topological polar surface area (TPSA) is 39.7 Å². The molecule has 2 aromatic carbocycles. The lowest BCUT2D eigenvalue weighted by molar-refractivity contribution is -0.136. The van der Waals surface area contributed by atoms with Crippen LogP contribution in [0.3, 0.4) is 0 Å². The highest BCUT2D eigenvalue weighted by Crippen LogP contribution is 2.26. The molecule has 3 aromatic rings. The van der Waals surface area contributed by atoms with Gasteiger partial charge in [-0.2, -0.15) is 0 Å². The molecule has 0 saturated carbocycles. The molecule has 1 aromatic heterocycles. The summed E-state index contributed by atoms with van der Waals surface area (Å²) >= 11 is 0. The van der Waals surface area contributed by atoms with E-state index in [0.29, 0.717) is 6.54 Å². The van der Waals surface area contributed by atoms with Crippen LogP contribution < -0.4 is 4.90 Å². The zero-order valence-electron chi connectivity index (χ0n) is 19.9. The number of likely N-dealkylation sites (N-methyl/N-ethyl adjacent to an activating group) is 1. The van der Waals surface area contributed by atoms with E-state index in [2.05, 4.69) is 71.1 Å². The van der Waals surface area contributed by atoms with Crippen molar-refractivity contribution >= 4 is 11.6 Å². The Hall–Kier alpha value is -3.18. The molecule has 0 aliphatic carbocycles. The fraction of sp³-hybridized carbons (Fsp3) is 0.357. The Morgan fingerprint density at radius 3 is 2.21 bits per heavy atom. The fourth-order valence-corrected chi connectivity index (χ4v) is 4.77. The predicted octanol–water partition coefficient (Wildman–Crippen LogP) is 4.26. The zero-order chi connectivity index (χ0) is 23.2. The van der Waals surface area contributed by atoms with Crippen LogP contribution in [0.4, 0.5) is 5.69 Å². The van der Waals surface area contributed by atoms with E-state index < -0.39 is 0 Å². The van der Waals surface area contributed by atoms with Crippen molar-refractivity contribution in [3.8, 4) is 0 Å². The van der Waals surface area contributed by atoms with Gasteiger partial charge in [-0.1, -0.05) is 59.7 Å². The van der Waals surface area contributed by atoms with Gasteiger partial charge in [0.25, 0.3) is 0 Å². The smallest absolute Gasteiger partial charge is 0.244 e. The zero-order valence-corrected chi connectivity index (χ0v) is 19.9. The summed E-state index contributed by atoms with van der Waals surface area (Å²) in [4.78, 5) is 24.5. The van der Waals surface area contributed by atoms with Crippen LogP contribution in [0.5, 0.6) is 0 Å². The van der Waals surface area contributed by atoms with Crippen molar-refractivity contribution < 1.29 is 4.79 Å². The molecule has 33 heavy (non-hydrogen) atoms. The second-order valence-corrected chi connectivity index (χ2v) is 9.05. The van der Waals surface area contributed by atoms with E-state index in [1.165, 1.54) is 22.4 Å². The molecule has 172 valence electrons. The van der Waals surface area contributed by atoms with E-state index in [9.17, 15) is 4.79 Å². The first-order chi connectivity index (χ1) is 16.0. The molecule has 0 spiro atoms. The summed E-state index contributed by atoms with van der Waals surface area (Å²) in [5.41, 5.74) is 6.09. The number of pyridine rings is 1. The third-order valence-electron chi connectivity index (χ3n) is 6.45. The number of hydrogen-bond donors (Lipinski definition) is 0. The van der Waals surface area contributed by atoms with Crippen LogP contribution >= 0.6 is 0 Å². The number of amides is 1. The van der Waals surface area contributed by atoms with Crippen LogP contribution in [0, 0.1) is 13.8 Å². The molecule has 1 atom stereocenters. The van der Waals surface area contributed by atoms with Crippen molar-refractivity contribution in [2.24, 2.45) is 0 Å². The maximum atomic E-state index is 13.7. The largest absolute Gasteiger partial charge is 0.369 e. The van der Waals surface area contributed by atoms with Crippen LogP contribution in [0.1, 0.15) is 28.3 Å². The van der Waals surface area contributed by atoms with E-state index in [4.69, 9.17) is 0 Å². The molecular weight excluding hydrogens is 408 g/mol. The van der Waals surface area contributed by atoms with Gasteiger partial charge in [-0.05, 0) is 43.5 Å². The van der Waals surface area contributed by atoms with E-state index in [-0.39, 0.29) is 11.9 Å². The molecule has 1 aliphatic rings. The molecule has 1 amide bonds. The molecule has 0 bridgehead atoms. The van der Waals surface area contributed by atoms with Crippen molar-refractivity contribution in [2.75, 3.05) is 44.7 Å². The Kier molecular flexibility index (Phi) is 7.40. The van der Waals surface area contributed by atoms with Gasteiger partial charge in [0.1, 0.15) is 6.04 Å². The summed E-state index contributed by atoms with van der Waals surface area (Å²) in [5, 5.41) is 0. The second-order valence-electron chi connectivity index (χ2n) is 9.05. The van der Waals surface area contributed by atoms with Crippen LogP contribution in [0.2, 0.25) is 0 Å². The highest BCUT2D eigenvalue weighted by molar-refractivity contribution is 5.83. The summed E-state index contributed by atoms with van der Waals surface area (Å²) in [6.07, 6.45) is 4.54. The quantitative estimate of drug-likeness (QED) is 0.548. The fourth-order valence-electron chi connectivity index (χ4n) is 4.77. The van der Waals surface area contributed by atoms with E-state index in [1.54, 1.807) is 0 Å². The number of piperazine rings is 1. The summed E-state index contributed by atoms with van der Waals surface area (Å²) in [7, 11) is 1.94. The molecular formula is C28H34N4O. The highest BCUT2D eigenvalue weighted by atomic mass is 16.2. The van der Waals surface area contributed by atoms with Gasteiger partial charge in [0.2, 0.25) is 5.91 Å². The van der Waals surface area contributed by atoms with Crippen LogP contribution in [0.15, 0.2) is 73.1 Å². The Labute approximate surface area is 197 Å². The number of rotatable bonds is 7. The first kappa shape index (κ1) is 23.0. The molecule has 0 radical (unpaired) electrons. The van der Waals surface area contributed by atoms with Gasteiger partial charge in [-0.15, -0.1) is 0 Å². The van der Waals surface area contributed by atoms with Crippen molar-refractivity contribution in [1.29, 1.82) is 0 Å². The summed E-state index contributed by atoms with van der Waals surface area (Å²) < 4.78 is 0. The summed E-state index contributed by atoms with van der Waals surface area (Å²) in [5.74, 6) is 0.169. The van der Waals surface area contributed by atoms with Gasteiger partial charge >= 0.3 is 0 Å². The lowest BCUT2D eigenvalue weighted by Crippen LogP contribution is -2.51. The predicted molar refractivity (Wildman–Crippen MR) is 134 cm³/mol. The number of aryl methyl sites for hydroxylation is 2. The summed E-state index contributed by atoms with van der Waals surface area (Å²) in [6, 6.07) is 20.7. The number of carbonyl (C=O) groups is 1. The number of hydrogen-bond acceptors (Lipinski definition) is 4. The minimum atomic E-state index is -0.255. The van der Waals surface area contributed by atoms with Crippen LogP contribution in [-0.2, 0) is 11.2 Å². The first-order valence-corrected chi connectivity index (χ1v) is 11.8. The lowest BCUT2D eigenvalue weighted by atomic mass is 10.0. The number of nitrogens with zero attached hydrogens (tertiary/aromatic N) is 4. The van der Waals surface area contributed by atoms with Crippen molar-refractivity contribution in [3.63, 3.8) is 0 Å². The molecule has 1 saturated heterocycles. The van der Waals surface area contributed by atoms with E-state index >= 15 is 0 Å². The maximum Gasteiger partial charge on any atom is 0.244 e. The van der Waals surface area contributed by atoms with Crippen molar-refractivity contribution in [2.45, 2.75) is 26.3 Å². The number of aromatic nitrogens is 1. The molecule has 4 rings (SSSR count). The highest BCUT2D eigenvalue weighted by Gasteiger charge is 2.32. The van der Waals surface area contributed by atoms with E-state index in [1.807, 2.05) is 42.5 Å². The van der Waals surface area contributed by atoms with E-state index in [0.717, 1.165) is 38.2 Å². The van der Waals surface area contributed by atoms with Gasteiger partial charge < -0.3 is 9.80 Å². The van der Waals surface area contributed by atoms with Crippen LogP contribution in [0.25, 0.3) is 0 Å². The van der Waals surface area contributed by atoms with Gasteiger partial charge in [0, 0.05) is 57.9 Å². The Bertz CT molecular complexity index is 1030. The molecule has 5 heteroatoms. The molecule has 1 fully saturated rings. The number of carbonyl (C=O) groups excluding carboxylic acids is 1.